The predicted octanol–water partition coefficient (Wildman–Crippen LogP) is 4.29. The number of allylic oxidation sites excluding steroid dienone is 2. The van der Waals surface area contributed by atoms with Gasteiger partial charge in [-0.2, -0.15) is 0 Å². The first kappa shape index (κ1) is 34.4. The number of hydrogen-bond acceptors (Lipinski definition) is 3. The second-order valence-corrected chi connectivity index (χ2v) is 8.28. The van der Waals surface area contributed by atoms with Gasteiger partial charge in [-0.3, -0.25) is 4.52 Å². The van der Waals surface area contributed by atoms with Crippen LogP contribution in [0, 0.1) is 0 Å². The van der Waals surface area contributed by atoms with E-state index in [9.17, 15) is 4.57 Å². The van der Waals surface area contributed by atoms with Gasteiger partial charge in [0.1, 0.15) is 0 Å². The standard InChI is InChI=1S/C18H37O4P.C4H10O.Na.H/c1-2-3-4-5-6-7-8-9-10-11-12-13-14-15-16-17-18-22-23(19,20)21;1-3-5-4-2;;/h9-10H,2-8,11-18H2,1H3,(H2,19,20,21);3-4H2,1-2H3;;/q;;+1;-1/b10-9-;;;. The maximum absolute atomic E-state index is 10.5. The van der Waals surface area contributed by atoms with E-state index < -0.39 is 7.82 Å². The van der Waals surface area contributed by atoms with Crippen molar-refractivity contribution >= 4 is 7.82 Å². The molecule has 0 saturated heterocycles. The summed E-state index contributed by atoms with van der Waals surface area (Å²) in [6.07, 6.45) is 21.7. The third-order valence-corrected chi connectivity index (χ3v) is 4.84. The van der Waals surface area contributed by atoms with Crippen LogP contribution in [0.25, 0.3) is 0 Å². The first-order valence-electron chi connectivity index (χ1n) is 11.4. The predicted molar refractivity (Wildman–Crippen MR) is 121 cm³/mol. The van der Waals surface area contributed by atoms with Crippen molar-refractivity contribution in [3.05, 3.63) is 12.2 Å². The molecule has 0 rings (SSSR count). The Kier molecular flexibility index (Phi) is 34.2. The molecular formula is C22H48NaO5P. The summed E-state index contributed by atoms with van der Waals surface area (Å²) < 4.78 is 19.7. The molecule has 172 valence electrons. The van der Waals surface area contributed by atoms with Gasteiger partial charge in [0.15, 0.2) is 0 Å². The van der Waals surface area contributed by atoms with Gasteiger partial charge in [0.25, 0.3) is 0 Å². The molecule has 0 bridgehead atoms. The number of unbranched alkanes of at least 4 members (excludes halogenated alkanes) is 12. The van der Waals surface area contributed by atoms with Crippen molar-refractivity contribution in [2.45, 2.75) is 111 Å². The Balaban J connectivity index is -0.000000429. The Morgan fingerprint density at radius 3 is 1.52 bits per heavy atom. The van der Waals surface area contributed by atoms with Crippen molar-refractivity contribution < 1.29 is 54.6 Å². The fraction of sp³-hybridized carbons (Fsp3) is 0.909. The fourth-order valence-corrected chi connectivity index (χ4v) is 3.10. The monoisotopic (exact) mass is 446 g/mol. The molecule has 0 aliphatic rings. The summed E-state index contributed by atoms with van der Waals surface area (Å²) >= 11 is 0. The largest absolute Gasteiger partial charge is 1.00 e. The molecule has 0 radical (unpaired) electrons. The molecule has 0 fully saturated rings. The molecule has 0 atom stereocenters. The molecular weight excluding hydrogens is 398 g/mol. The Bertz CT molecular complexity index is 365. The van der Waals surface area contributed by atoms with E-state index in [4.69, 9.17) is 14.5 Å². The molecule has 0 spiro atoms. The molecule has 0 saturated carbocycles. The second-order valence-electron chi connectivity index (χ2n) is 7.04. The van der Waals surface area contributed by atoms with Crippen LogP contribution in [0.5, 0.6) is 0 Å². The van der Waals surface area contributed by atoms with Gasteiger partial charge >= 0.3 is 37.4 Å². The van der Waals surface area contributed by atoms with Crippen molar-refractivity contribution in [3.8, 4) is 0 Å². The van der Waals surface area contributed by atoms with Gasteiger partial charge in [-0.05, 0) is 46.0 Å². The van der Waals surface area contributed by atoms with E-state index in [1.54, 1.807) is 0 Å². The Morgan fingerprint density at radius 1 is 0.724 bits per heavy atom. The average molecular weight is 447 g/mol. The van der Waals surface area contributed by atoms with Crippen LogP contribution in [-0.2, 0) is 13.8 Å². The third kappa shape index (κ3) is 39.8. The van der Waals surface area contributed by atoms with E-state index in [1.807, 2.05) is 13.8 Å². The minimum absolute atomic E-state index is 0. The number of rotatable bonds is 19. The Labute approximate surface area is 204 Å². The molecule has 2 N–H and O–H groups in total. The summed E-state index contributed by atoms with van der Waals surface area (Å²) in [6.45, 7) is 8.08. The van der Waals surface area contributed by atoms with Gasteiger partial charge in [-0.1, -0.05) is 76.9 Å². The number of hydrogen-bond donors (Lipinski definition) is 2. The summed E-state index contributed by atoms with van der Waals surface area (Å²) in [5, 5.41) is 0. The van der Waals surface area contributed by atoms with Crippen LogP contribution in [-0.4, -0.2) is 29.6 Å². The molecule has 0 heterocycles. The maximum atomic E-state index is 10.5. The molecule has 0 aromatic heterocycles. The molecule has 0 aliphatic carbocycles. The SMILES string of the molecule is CCCCCCCC/C=C\CCCCCCCCOP(=O)(O)O.CCOCC.[H-].[Na+]. The molecule has 29 heavy (non-hydrogen) atoms. The first-order valence-corrected chi connectivity index (χ1v) is 12.9. The Hall–Kier alpha value is 0.810. The molecule has 0 unspecified atom stereocenters. The summed E-state index contributed by atoms with van der Waals surface area (Å²) in [7, 11) is -4.26. The maximum Gasteiger partial charge on any atom is 1.00 e. The van der Waals surface area contributed by atoms with Crippen LogP contribution in [0.3, 0.4) is 0 Å². The van der Waals surface area contributed by atoms with E-state index in [1.165, 1.54) is 70.6 Å². The van der Waals surface area contributed by atoms with E-state index in [2.05, 4.69) is 23.6 Å². The van der Waals surface area contributed by atoms with Gasteiger partial charge in [-0.25, -0.2) is 4.57 Å². The van der Waals surface area contributed by atoms with Crippen LogP contribution >= 0.6 is 7.82 Å². The zero-order valence-electron chi connectivity index (χ0n) is 20.7. The van der Waals surface area contributed by atoms with Crippen LogP contribution in [0.15, 0.2) is 12.2 Å². The summed E-state index contributed by atoms with van der Waals surface area (Å²) in [6, 6.07) is 0. The topological polar surface area (TPSA) is 76.0 Å². The van der Waals surface area contributed by atoms with E-state index in [0.29, 0.717) is 0 Å². The minimum Gasteiger partial charge on any atom is -1.00 e. The molecule has 5 nitrogen and oxygen atoms in total. The molecule has 7 heteroatoms. The second kappa shape index (κ2) is 28.8. The van der Waals surface area contributed by atoms with Gasteiger partial charge in [0.2, 0.25) is 0 Å². The number of ether oxygens (including phenoxy) is 1. The van der Waals surface area contributed by atoms with Crippen molar-refractivity contribution in [1.29, 1.82) is 0 Å². The van der Waals surface area contributed by atoms with Gasteiger partial charge in [-0.15, -0.1) is 0 Å². The summed E-state index contributed by atoms with van der Waals surface area (Å²) in [4.78, 5) is 17.1. The zero-order valence-corrected chi connectivity index (χ0v) is 22.6. The summed E-state index contributed by atoms with van der Waals surface area (Å²) in [5.74, 6) is 0. The van der Waals surface area contributed by atoms with Crippen LogP contribution < -0.4 is 29.6 Å². The zero-order chi connectivity index (χ0) is 21.3. The first-order chi connectivity index (χ1) is 13.5. The molecule has 0 aliphatic heterocycles. The van der Waals surface area contributed by atoms with Crippen molar-refractivity contribution in [2.24, 2.45) is 0 Å². The van der Waals surface area contributed by atoms with E-state index in [-0.39, 0.29) is 37.6 Å². The number of phosphoric acid groups is 1. The Morgan fingerprint density at radius 2 is 1.14 bits per heavy atom. The van der Waals surface area contributed by atoms with Gasteiger partial charge < -0.3 is 16.0 Å². The molecule has 0 aromatic carbocycles. The smallest absolute Gasteiger partial charge is 1.00 e. The van der Waals surface area contributed by atoms with Crippen molar-refractivity contribution in [3.63, 3.8) is 0 Å². The van der Waals surface area contributed by atoms with Gasteiger partial charge in [0.05, 0.1) is 6.61 Å². The van der Waals surface area contributed by atoms with Crippen molar-refractivity contribution in [2.75, 3.05) is 19.8 Å². The van der Waals surface area contributed by atoms with Crippen LogP contribution in [0.4, 0.5) is 0 Å². The summed E-state index contributed by atoms with van der Waals surface area (Å²) in [5.41, 5.74) is 0. The van der Waals surface area contributed by atoms with Crippen molar-refractivity contribution in [1.82, 2.24) is 0 Å². The number of phosphoric ester groups is 1. The minimum atomic E-state index is -4.26. The fourth-order valence-electron chi connectivity index (χ4n) is 2.74. The average Bonchev–Trinajstić information content (AvgIpc) is 2.64. The quantitative estimate of drug-likeness (QED) is 0.134. The van der Waals surface area contributed by atoms with E-state index >= 15 is 0 Å². The van der Waals surface area contributed by atoms with Crippen LogP contribution in [0.1, 0.15) is 112 Å². The van der Waals surface area contributed by atoms with E-state index in [0.717, 1.165) is 32.5 Å². The third-order valence-electron chi connectivity index (χ3n) is 4.32. The molecule has 0 amide bonds. The normalized spacial score (nSPS) is 11.2. The molecule has 0 aromatic rings. The van der Waals surface area contributed by atoms with Crippen LogP contribution in [0.2, 0.25) is 0 Å². The van der Waals surface area contributed by atoms with Gasteiger partial charge in [0, 0.05) is 13.2 Å².